The van der Waals surface area contributed by atoms with Crippen molar-refractivity contribution in [2.75, 3.05) is 0 Å². The number of fused-ring (bicyclic) bond motifs is 4. The Balaban J connectivity index is 0.000000216. The molecule has 0 spiro atoms. The van der Waals surface area contributed by atoms with E-state index in [9.17, 15) is 0 Å². The molecule has 5 nitrogen and oxygen atoms in total. The third-order valence-electron chi connectivity index (χ3n) is 11.0. The van der Waals surface area contributed by atoms with E-state index < -0.39 is 21.3 Å². The molecule has 0 N–H and O–H groups in total. The summed E-state index contributed by atoms with van der Waals surface area (Å²) in [6.07, 6.45) is 2.13. The van der Waals surface area contributed by atoms with Crippen LogP contribution in [-0.2, 0) is 26.5 Å². The Morgan fingerprint density at radius 1 is 0.774 bits per heavy atom. The number of rotatable bonds is 9. The minimum absolute atomic E-state index is 0. The Kier molecular flexibility index (Phi) is 11.4. The number of furan rings is 1. The first-order valence-corrected chi connectivity index (χ1v) is 24.7. The van der Waals surface area contributed by atoms with E-state index >= 15 is 0 Å². The molecule has 0 saturated heterocycles. The van der Waals surface area contributed by atoms with Crippen molar-refractivity contribution in [2.24, 2.45) is 5.92 Å². The van der Waals surface area contributed by atoms with Crippen LogP contribution in [0.3, 0.4) is 0 Å². The fourth-order valence-corrected chi connectivity index (χ4v) is 9.40. The molecule has 4 aromatic heterocycles. The average molecular weight is 1010 g/mol. The zero-order valence-electron chi connectivity index (χ0n) is 41.9. The van der Waals surface area contributed by atoms with Crippen molar-refractivity contribution in [3.8, 4) is 39.5 Å². The van der Waals surface area contributed by atoms with Crippen LogP contribution in [0.4, 0.5) is 0 Å². The number of hydrogen-bond donors (Lipinski definition) is 0. The number of aryl methyl sites for hydroxylation is 1. The summed E-state index contributed by atoms with van der Waals surface area (Å²) in [4.78, 5) is 14.3. The van der Waals surface area contributed by atoms with E-state index in [1.54, 1.807) is 24.5 Å². The molecule has 0 amide bonds. The summed E-state index contributed by atoms with van der Waals surface area (Å²) in [6, 6.07) is 44.6. The molecular weight excluding hydrogens is 953 g/mol. The van der Waals surface area contributed by atoms with Gasteiger partial charge in [0.25, 0.3) is 0 Å². The molecule has 0 aliphatic carbocycles. The molecule has 5 aromatic carbocycles. The number of hydrogen-bond acceptors (Lipinski definition) is 4. The molecule has 0 atom stereocenters. The van der Waals surface area contributed by atoms with Crippen molar-refractivity contribution in [1.82, 2.24) is 19.5 Å². The molecule has 0 aliphatic rings. The van der Waals surface area contributed by atoms with Gasteiger partial charge in [-0.3, -0.25) is 4.98 Å². The van der Waals surface area contributed by atoms with Gasteiger partial charge in [0.1, 0.15) is 5.58 Å². The first kappa shape index (κ1) is 38.2. The van der Waals surface area contributed by atoms with Crippen LogP contribution in [0.15, 0.2) is 132 Å². The molecule has 9 rings (SSSR count). The van der Waals surface area contributed by atoms with Gasteiger partial charge in [0.15, 0.2) is 5.65 Å². The van der Waals surface area contributed by atoms with Crippen LogP contribution in [0.2, 0.25) is 19.6 Å². The Hall–Kier alpha value is -5.46. The second-order valence-corrected chi connectivity index (χ2v) is 22.7. The van der Waals surface area contributed by atoms with E-state index in [1.807, 2.05) is 50.2 Å². The quantitative estimate of drug-likeness (QED) is 0.107. The Morgan fingerprint density at radius 2 is 1.50 bits per heavy atom. The number of benzene rings is 5. The zero-order valence-corrected chi connectivity index (χ0v) is 40.3. The number of pyridine rings is 2. The van der Waals surface area contributed by atoms with E-state index in [0.29, 0.717) is 22.5 Å². The van der Waals surface area contributed by atoms with Crippen LogP contribution in [0, 0.1) is 24.9 Å². The summed E-state index contributed by atoms with van der Waals surface area (Å²) in [5.41, 5.74) is 12.5. The van der Waals surface area contributed by atoms with Crippen molar-refractivity contribution >= 4 is 46.4 Å². The summed E-state index contributed by atoms with van der Waals surface area (Å²) in [7, 11) is -1.78. The van der Waals surface area contributed by atoms with Gasteiger partial charge in [-0.25, -0.2) is 4.98 Å². The predicted octanol–water partition coefficient (Wildman–Crippen LogP) is 14.3. The van der Waals surface area contributed by atoms with Crippen LogP contribution >= 0.6 is 0 Å². The Labute approximate surface area is 389 Å². The second-order valence-electron chi connectivity index (χ2n) is 17.6. The first-order chi connectivity index (χ1) is 31.3. The van der Waals surface area contributed by atoms with E-state index in [-0.39, 0.29) is 43.4 Å². The summed E-state index contributed by atoms with van der Waals surface area (Å²) < 4.78 is 48.3. The minimum atomic E-state index is -2.16. The largest absolute Gasteiger partial charge is 0.501 e. The van der Waals surface area contributed by atoms with E-state index in [1.165, 1.54) is 28.3 Å². The third-order valence-corrected chi connectivity index (χ3v) is 13.0. The predicted molar refractivity (Wildman–Crippen MR) is 259 cm³/mol. The second kappa shape index (κ2) is 18.5. The van der Waals surface area contributed by atoms with Gasteiger partial charge in [-0.15, -0.1) is 53.6 Å². The SMILES string of the molecule is CC(C)c1cc(-c2ccccc2)cc(C(C)C)c1-n1c(-c2[c-]ccc3c2oc2ccccc23)nc2ncccc21.[2H]C([2H])([2H])c1c[c-]c(-c2cc(C([2H])([2H])C(C)C)c([Si](C)(C)C)cn2)cc1.[Ir]. The first-order valence-electron chi connectivity index (χ1n) is 23.7. The summed E-state index contributed by atoms with van der Waals surface area (Å²) in [5.74, 6) is 1.18. The van der Waals surface area contributed by atoms with Crippen molar-refractivity contribution in [3.05, 3.63) is 162 Å². The molecular formula is C55H56IrN4OSi-2. The number of imidazole rings is 1. The number of para-hydroxylation sites is 1. The van der Waals surface area contributed by atoms with Gasteiger partial charge in [0, 0.05) is 50.4 Å². The average Bonchev–Trinajstić information content (AvgIpc) is 3.87. The Morgan fingerprint density at radius 3 is 2.16 bits per heavy atom. The zero-order chi connectivity index (χ0) is 47.3. The molecule has 0 fully saturated rings. The summed E-state index contributed by atoms with van der Waals surface area (Å²) in [5, 5.41) is 3.16. The molecule has 1 radical (unpaired) electrons. The molecule has 0 saturated carbocycles. The van der Waals surface area contributed by atoms with Crippen molar-refractivity contribution in [2.45, 2.75) is 86.2 Å². The van der Waals surface area contributed by atoms with Gasteiger partial charge in [-0.2, -0.15) is 0 Å². The Bertz CT molecular complexity index is 3160. The van der Waals surface area contributed by atoms with Gasteiger partial charge in [-0.1, -0.05) is 139 Å². The van der Waals surface area contributed by atoms with Crippen LogP contribution in [0.25, 0.3) is 72.6 Å². The monoisotopic (exact) mass is 1010 g/mol. The van der Waals surface area contributed by atoms with E-state index in [0.717, 1.165) is 49.7 Å². The van der Waals surface area contributed by atoms with Gasteiger partial charge in [0.2, 0.25) is 0 Å². The molecule has 0 unspecified atom stereocenters. The minimum Gasteiger partial charge on any atom is -0.501 e. The number of aromatic nitrogens is 4. The van der Waals surface area contributed by atoms with Crippen LogP contribution < -0.4 is 5.19 Å². The van der Waals surface area contributed by atoms with Crippen molar-refractivity contribution < 1.29 is 31.4 Å². The van der Waals surface area contributed by atoms with Gasteiger partial charge in [0.05, 0.1) is 25.0 Å². The van der Waals surface area contributed by atoms with Crippen LogP contribution in [0.1, 0.15) is 82.5 Å². The smallest absolute Gasteiger partial charge is 0.168 e. The van der Waals surface area contributed by atoms with Gasteiger partial charge < -0.3 is 14.0 Å². The standard InChI is InChI=1S/C36H30N3O.C19H26NSi.Ir/c1-22(2)29-20-25(24-12-6-5-7-13-24)21-30(23(3)4)33(29)39-31-17-11-19-37-35(31)38-36(39)28-16-10-15-27-26-14-8-9-18-32(26)40-34(27)28;1-14(2)11-17-12-18(16-9-7-15(3)8-10-16)20-13-19(17)21(4,5)6;/h5-15,17-23H,1-4H3;7-9,12-14H,11H2,1-6H3;/q2*-1;/i;3D3,11D2;. The van der Waals surface area contributed by atoms with E-state index in [2.05, 4.69) is 135 Å². The maximum atomic E-state index is 8.59. The molecule has 9 aromatic rings. The molecule has 0 bridgehead atoms. The summed E-state index contributed by atoms with van der Waals surface area (Å²) >= 11 is 0. The molecule has 4 heterocycles. The molecule has 317 valence electrons. The van der Waals surface area contributed by atoms with Crippen molar-refractivity contribution in [3.63, 3.8) is 0 Å². The third kappa shape index (κ3) is 9.03. The summed E-state index contributed by atoms with van der Waals surface area (Å²) in [6.45, 7) is 17.2. The molecule has 0 aliphatic heterocycles. The number of nitrogens with zero attached hydrogens (tertiary/aromatic N) is 4. The molecule has 62 heavy (non-hydrogen) atoms. The van der Waals surface area contributed by atoms with Crippen molar-refractivity contribution in [1.29, 1.82) is 0 Å². The van der Waals surface area contributed by atoms with E-state index in [4.69, 9.17) is 16.3 Å². The molecule has 7 heteroatoms. The topological polar surface area (TPSA) is 56.7 Å². The van der Waals surface area contributed by atoms with Gasteiger partial charge >= 0.3 is 0 Å². The van der Waals surface area contributed by atoms with Crippen LogP contribution in [0.5, 0.6) is 0 Å². The normalized spacial score (nSPS) is 13.4. The van der Waals surface area contributed by atoms with Crippen LogP contribution in [-0.4, -0.2) is 27.6 Å². The maximum absolute atomic E-state index is 8.59. The maximum Gasteiger partial charge on any atom is 0.168 e. The fraction of sp³-hybridized carbons (Fsp3) is 0.255. The van der Waals surface area contributed by atoms with Gasteiger partial charge in [-0.05, 0) is 87.6 Å². The fourth-order valence-electron chi connectivity index (χ4n) is 7.99.